The average molecular weight is 396 g/mol. The molecule has 1 fully saturated rings. The standard InChI is InChI=1S/C17H22F2N6OS/c1-12(13(20)4-5-23-17(18)19)11-24-15(16-22-7-10-27-16)21-6-9-25-8-2-3-14(25)26/h4-5,7,10,17H,1-3,6,8-9,11,20H2,(H,21,24). The number of aromatic nitrogens is 1. The first kappa shape index (κ1) is 20.7. The first-order valence-corrected chi connectivity index (χ1v) is 9.26. The van der Waals surface area contributed by atoms with Gasteiger partial charge in [-0.1, -0.05) is 6.58 Å². The highest BCUT2D eigenvalue weighted by molar-refractivity contribution is 7.11. The molecule has 2 heterocycles. The van der Waals surface area contributed by atoms with Gasteiger partial charge in [0.25, 0.3) is 0 Å². The lowest BCUT2D eigenvalue weighted by Gasteiger charge is -2.16. The molecule has 1 aliphatic heterocycles. The van der Waals surface area contributed by atoms with E-state index < -0.39 is 6.55 Å². The molecule has 1 aromatic heterocycles. The Morgan fingerprint density at radius 2 is 2.37 bits per heavy atom. The third-order valence-electron chi connectivity index (χ3n) is 3.77. The molecule has 0 radical (unpaired) electrons. The van der Waals surface area contributed by atoms with Crippen molar-refractivity contribution in [2.45, 2.75) is 19.4 Å². The van der Waals surface area contributed by atoms with Crippen LogP contribution in [0.15, 0.2) is 45.5 Å². The Bertz CT molecular complexity index is 730. The van der Waals surface area contributed by atoms with Gasteiger partial charge in [0, 0.05) is 49.5 Å². The van der Waals surface area contributed by atoms with Crippen LogP contribution in [0.5, 0.6) is 0 Å². The second kappa shape index (κ2) is 10.5. The summed E-state index contributed by atoms with van der Waals surface area (Å²) in [7, 11) is 0. The van der Waals surface area contributed by atoms with Crippen LogP contribution in [-0.2, 0) is 4.79 Å². The number of carbonyl (C=O) groups excluding carboxylic acids is 1. The Labute approximate surface area is 160 Å². The summed E-state index contributed by atoms with van der Waals surface area (Å²) in [5, 5.41) is 5.74. The molecule has 1 saturated heterocycles. The quantitative estimate of drug-likeness (QED) is 0.288. The van der Waals surface area contributed by atoms with E-state index in [1.807, 2.05) is 10.3 Å². The van der Waals surface area contributed by atoms with Gasteiger partial charge in [-0.3, -0.25) is 9.79 Å². The number of hydrogen-bond donors (Lipinski definition) is 2. The molecule has 10 heteroatoms. The van der Waals surface area contributed by atoms with Crippen molar-refractivity contribution in [2.24, 2.45) is 15.7 Å². The smallest absolute Gasteiger partial charge is 0.331 e. The third kappa shape index (κ3) is 6.89. The first-order chi connectivity index (χ1) is 13.0. The minimum Gasteiger partial charge on any atom is -0.398 e. The van der Waals surface area contributed by atoms with Gasteiger partial charge in [-0.15, -0.1) is 11.3 Å². The zero-order chi connectivity index (χ0) is 19.6. The number of amidine groups is 1. The van der Waals surface area contributed by atoms with Crippen LogP contribution < -0.4 is 11.1 Å². The molecule has 0 saturated carbocycles. The minimum atomic E-state index is -2.77. The number of nitrogens with two attached hydrogens (primary N) is 1. The summed E-state index contributed by atoms with van der Waals surface area (Å²) in [6.45, 7) is 3.13. The maximum absolute atomic E-state index is 12.0. The monoisotopic (exact) mass is 396 g/mol. The maximum atomic E-state index is 12.0. The Hall–Kier alpha value is -2.62. The molecule has 0 aliphatic carbocycles. The van der Waals surface area contributed by atoms with E-state index in [1.165, 1.54) is 17.4 Å². The molecule has 7 nitrogen and oxygen atoms in total. The van der Waals surface area contributed by atoms with Crippen LogP contribution in [0.2, 0.25) is 0 Å². The van der Waals surface area contributed by atoms with E-state index in [9.17, 15) is 13.6 Å². The highest BCUT2D eigenvalue weighted by atomic mass is 32.1. The van der Waals surface area contributed by atoms with Crippen LogP contribution in [0.1, 0.15) is 17.8 Å². The minimum absolute atomic E-state index is 0.168. The molecule has 27 heavy (non-hydrogen) atoms. The van der Waals surface area contributed by atoms with E-state index in [4.69, 9.17) is 5.73 Å². The zero-order valence-corrected chi connectivity index (χ0v) is 15.6. The number of halogens is 2. The number of likely N-dealkylation sites (tertiary alicyclic amines) is 1. The van der Waals surface area contributed by atoms with E-state index in [0.29, 0.717) is 35.9 Å². The van der Waals surface area contributed by atoms with Crippen molar-refractivity contribution >= 4 is 29.3 Å². The number of hydrogen-bond acceptors (Lipinski definition) is 6. The number of nitrogens with one attached hydrogen (secondary N) is 1. The molecule has 0 bridgehead atoms. The van der Waals surface area contributed by atoms with Crippen LogP contribution in [0, 0.1) is 0 Å². The van der Waals surface area contributed by atoms with Crippen LogP contribution in [0.25, 0.3) is 0 Å². The van der Waals surface area contributed by atoms with Gasteiger partial charge in [0.15, 0.2) is 10.8 Å². The number of alkyl halides is 2. The lowest BCUT2D eigenvalue weighted by atomic mass is 10.2. The molecule has 146 valence electrons. The van der Waals surface area contributed by atoms with Crippen LogP contribution >= 0.6 is 11.3 Å². The van der Waals surface area contributed by atoms with E-state index >= 15 is 0 Å². The van der Waals surface area contributed by atoms with Crippen molar-refractivity contribution in [3.05, 3.63) is 40.5 Å². The number of carbonyl (C=O) groups is 1. The van der Waals surface area contributed by atoms with Crippen LogP contribution in [-0.4, -0.2) is 60.6 Å². The summed E-state index contributed by atoms with van der Waals surface area (Å²) >= 11 is 1.43. The molecule has 0 atom stereocenters. The number of aliphatic imine (C=N–C) groups is 2. The largest absolute Gasteiger partial charge is 0.398 e. The topological polar surface area (TPSA) is 96.0 Å². The van der Waals surface area contributed by atoms with Gasteiger partial charge in [0.2, 0.25) is 5.91 Å². The molecule has 0 unspecified atom stereocenters. The Kier molecular flexibility index (Phi) is 8.05. The van der Waals surface area contributed by atoms with E-state index in [-0.39, 0.29) is 18.1 Å². The molecule has 2 rings (SSSR count). The molecular formula is C17H22F2N6OS. The molecular weight excluding hydrogens is 374 g/mol. The summed E-state index contributed by atoms with van der Waals surface area (Å²) in [5.74, 6) is 0.744. The van der Waals surface area contributed by atoms with Crippen molar-refractivity contribution < 1.29 is 13.6 Å². The van der Waals surface area contributed by atoms with E-state index in [2.05, 4.69) is 26.9 Å². The fraction of sp³-hybridized carbons (Fsp3) is 0.412. The van der Waals surface area contributed by atoms with Crippen LogP contribution in [0.3, 0.4) is 0 Å². The molecule has 1 amide bonds. The molecule has 0 aromatic carbocycles. The van der Waals surface area contributed by atoms with Gasteiger partial charge >= 0.3 is 6.55 Å². The predicted molar refractivity (Wildman–Crippen MR) is 103 cm³/mol. The summed E-state index contributed by atoms with van der Waals surface area (Å²) in [6, 6.07) is 0. The second-order valence-corrected chi connectivity index (χ2v) is 6.61. The van der Waals surface area contributed by atoms with Crippen LogP contribution in [0.4, 0.5) is 8.78 Å². The Morgan fingerprint density at radius 1 is 1.56 bits per heavy atom. The lowest BCUT2D eigenvalue weighted by Crippen LogP contribution is -2.36. The molecule has 1 aromatic rings. The van der Waals surface area contributed by atoms with Crippen molar-refractivity contribution in [2.75, 3.05) is 26.2 Å². The number of rotatable bonds is 9. The van der Waals surface area contributed by atoms with Crippen molar-refractivity contribution in [1.29, 1.82) is 0 Å². The highest BCUT2D eigenvalue weighted by Crippen LogP contribution is 2.09. The van der Waals surface area contributed by atoms with Gasteiger partial charge in [-0.05, 0) is 18.1 Å². The van der Waals surface area contributed by atoms with Crippen molar-refractivity contribution in [3.8, 4) is 0 Å². The number of thiazole rings is 1. The maximum Gasteiger partial charge on any atom is 0.331 e. The second-order valence-electron chi connectivity index (χ2n) is 5.71. The Balaban J connectivity index is 1.95. The Morgan fingerprint density at radius 3 is 3.00 bits per heavy atom. The fourth-order valence-corrected chi connectivity index (χ4v) is 2.98. The van der Waals surface area contributed by atoms with Gasteiger partial charge in [-0.25, -0.2) is 9.98 Å². The first-order valence-electron chi connectivity index (χ1n) is 8.38. The predicted octanol–water partition coefficient (Wildman–Crippen LogP) is 1.79. The number of amides is 1. The summed E-state index contributed by atoms with van der Waals surface area (Å²) < 4.78 is 24.0. The molecule has 0 spiro atoms. The number of allylic oxidation sites excluding steroid dienone is 1. The van der Waals surface area contributed by atoms with Gasteiger partial charge in [0.1, 0.15) is 0 Å². The van der Waals surface area contributed by atoms with Crippen molar-refractivity contribution in [3.63, 3.8) is 0 Å². The van der Waals surface area contributed by atoms with Gasteiger partial charge in [-0.2, -0.15) is 8.78 Å². The summed E-state index contributed by atoms with van der Waals surface area (Å²) in [4.78, 5) is 25.1. The highest BCUT2D eigenvalue weighted by Gasteiger charge is 2.19. The fourth-order valence-electron chi connectivity index (χ4n) is 2.36. The lowest BCUT2D eigenvalue weighted by molar-refractivity contribution is -0.127. The molecule has 3 N–H and O–H groups in total. The number of nitrogens with zero attached hydrogens (tertiary/aromatic N) is 4. The van der Waals surface area contributed by atoms with E-state index in [1.54, 1.807) is 6.20 Å². The van der Waals surface area contributed by atoms with Gasteiger partial charge < -0.3 is 16.0 Å². The SMILES string of the molecule is C=C(CN=C(NCCN1CCCC1=O)c1nccs1)C(N)=CC=NC(F)F. The van der Waals surface area contributed by atoms with Crippen molar-refractivity contribution in [1.82, 2.24) is 15.2 Å². The summed E-state index contributed by atoms with van der Waals surface area (Å²) in [6.07, 6.45) is 5.38. The normalized spacial score (nSPS) is 16.0. The average Bonchev–Trinajstić information content (AvgIpc) is 3.29. The summed E-state index contributed by atoms with van der Waals surface area (Å²) in [5.41, 5.74) is 6.48. The third-order valence-corrected chi connectivity index (χ3v) is 4.55. The molecule has 1 aliphatic rings. The zero-order valence-electron chi connectivity index (χ0n) is 14.8. The van der Waals surface area contributed by atoms with E-state index in [0.717, 1.165) is 19.2 Å². The van der Waals surface area contributed by atoms with Gasteiger partial charge in [0.05, 0.1) is 6.54 Å².